The molecule has 10 rings (SSSR count). The molecule has 4 aromatic heterocycles. The van der Waals surface area contributed by atoms with Gasteiger partial charge in [0.1, 0.15) is 51.7 Å². The zero-order chi connectivity index (χ0) is 63.1. The molecule has 17 heteroatoms. The SMILES string of the molecule is CCC(C(=N)C(=O)OC(C)(C)C)c1ncc(-c2ccc3cc4cc(-c5cnc(C(CC)C(=N)C(C)C(=O)C(C)C(=N)C(CC)c6ncc(-c7ccc8cc9cc(-c%10cnc(C(CC)C(=N)C(=O)OC(C)(C)C)[nH]%10)ccc9cc8c7)[nH]6)[nH]5)ccc4cc3c2)[nH]1. The second-order valence-electron chi connectivity index (χ2n) is 25.1. The molecule has 8 N–H and O–H groups in total. The third kappa shape index (κ3) is 12.8. The van der Waals surface area contributed by atoms with Crippen molar-refractivity contribution in [3.8, 4) is 45.0 Å². The number of aromatic amines is 4. The fraction of sp³-hybridized carbons (Fsp3) is 0.338. The summed E-state index contributed by atoms with van der Waals surface area (Å²) >= 11 is 0. The zero-order valence-corrected chi connectivity index (χ0v) is 52.2. The highest BCUT2D eigenvalue weighted by atomic mass is 16.6. The van der Waals surface area contributed by atoms with E-state index < -0.39 is 58.6 Å². The molecule has 0 radical (unpaired) electrons. The molecule has 0 saturated heterocycles. The van der Waals surface area contributed by atoms with Crippen molar-refractivity contribution in [1.29, 1.82) is 21.6 Å². The van der Waals surface area contributed by atoms with Gasteiger partial charge in [0.15, 0.2) is 0 Å². The number of aromatic nitrogens is 8. The summed E-state index contributed by atoms with van der Waals surface area (Å²) in [4.78, 5) is 72.3. The molecule has 0 aliphatic rings. The second-order valence-corrected chi connectivity index (χ2v) is 25.1. The predicted octanol–water partition coefficient (Wildman–Crippen LogP) is 16.1. The van der Waals surface area contributed by atoms with Crippen LogP contribution in [-0.2, 0) is 23.9 Å². The monoisotopic (exact) mass is 1180 g/mol. The standard InChI is InChI=1S/C71H78N12O5/c1-13-51(64-76-33-55(80-64)43-21-17-39-27-49-31-45(23-19-41(49)25-47(39)29-43)57-35-78-66(82-57)53(15-3)61(74)68(85)87-70(7,8)9)59(72)37(5)63(84)38(6)60(73)52(14-2)65-77-34-56(81-65)44-22-18-40-28-50-32-46(24-20-42(50)26-48(40)30-44)58-36-79-67(83-58)54(16-4)62(75)69(86)88-71(10,11)12/h17-38,51-54,72-75H,13-16H2,1-12H3,(H,76,80)(H,77,81)(H,78,82)(H,79,83). The summed E-state index contributed by atoms with van der Waals surface area (Å²) in [6, 6.07) is 33.6. The van der Waals surface area contributed by atoms with E-state index in [2.05, 4.69) is 103 Å². The lowest BCUT2D eigenvalue weighted by molar-refractivity contribution is -0.147. The predicted molar refractivity (Wildman–Crippen MR) is 351 cm³/mol. The molecule has 6 aromatic carbocycles. The largest absolute Gasteiger partial charge is 0.455 e. The topological polar surface area (TPSA) is 280 Å². The molecule has 10 aromatic rings. The molecule has 0 saturated carbocycles. The number of H-pyrrole nitrogens is 4. The number of imidazole rings is 4. The van der Waals surface area contributed by atoms with Gasteiger partial charge in [0.05, 0.1) is 83.1 Å². The minimum Gasteiger partial charge on any atom is -0.455 e. The van der Waals surface area contributed by atoms with Crippen LogP contribution in [0.1, 0.15) is 156 Å². The Hall–Kier alpha value is -9.51. The molecule has 452 valence electrons. The molecule has 4 heterocycles. The molecule has 6 unspecified atom stereocenters. The highest BCUT2D eigenvalue weighted by Crippen LogP contribution is 2.36. The summed E-state index contributed by atoms with van der Waals surface area (Å²) in [5.74, 6) is -2.65. The quantitative estimate of drug-likeness (QED) is 0.0182. The van der Waals surface area contributed by atoms with E-state index in [9.17, 15) is 25.2 Å². The van der Waals surface area contributed by atoms with Crippen molar-refractivity contribution < 1.29 is 23.9 Å². The summed E-state index contributed by atoms with van der Waals surface area (Å²) in [6.45, 7) is 22.1. The first-order valence-corrected chi connectivity index (χ1v) is 30.4. The minimum absolute atomic E-state index is 0.130. The van der Waals surface area contributed by atoms with Gasteiger partial charge in [-0.15, -0.1) is 0 Å². The number of carbonyl (C=O) groups excluding carboxylic acids is 3. The van der Waals surface area contributed by atoms with Gasteiger partial charge in [-0.3, -0.25) is 15.6 Å². The number of Topliss-reactive ketones (excluding diaryl/α,β-unsaturated/α-hetero) is 1. The van der Waals surface area contributed by atoms with Gasteiger partial charge in [-0.05, 0) is 159 Å². The second kappa shape index (κ2) is 24.7. The molecule has 17 nitrogen and oxygen atoms in total. The average Bonchev–Trinajstić information content (AvgIpc) is 2.82. The fourth-order valence-electron chi connectivity index (χ4n) is 11.7. The summed E-state index contributed by atoms with van der Waals surface area (Å²) in [5, 5.41) is 44.4. The minimum atomic E-state index is -0.763. The normalized spacial score (nSPS) is 14.1. The van der Waals surface area contributed by atoms with Crippen molar-refractivity contribution >= 4 is 83.7 Å². The molecule has 0 bridgehead atoms. The van der Waals surface area contributed by atoms with Crippen molar-refractivity contribution in [2.45, 2.75) is 144 Å². The highest BCUT2D eigenvalue weighted by molar-refractivity contribution is 6.37. The Morgan fingerprint density at radius 1 is 0.398 bits per heavy atom. The number of ether oxygens (including phenoxy) is 2. The van der Waals surface area contributed by atoms with Gasteiger partial charge in [-0.25, -0.2) is 29.5 Å². The maximum atomic E-state index is 14.3. The number of benzene rings is 6. The Morgan fingerprint density at radius 3 is 0.886 bits per heavy atom. The Labute approximate surface area is 512 Å². The van der Waals surface area contributed by atoms with Crippen molar-refractivity contribution in [1.82, 2.24) is 39.9 Å². The number of hydrogen-bond donors (Lipinski definition) is 8. The van der Waals surface area contributed by atoms with Crippen LogP contribution in [0.15, 0.2) is 122 Å². The van der Waals surface area contributed by atoms with Crippen LogP contribution in [0.4, 0.5) is 0 Å². The maximum Gasteiger partial charge on any atom is 0.353 e. The Balaban J connectivity index is 0.779. The lowest BCUT2D eigenvalue weighted by Gasteiger charge is -2.24. The first-order chi connectivity index (χ1) is 41.8. The van der Waals surface area contributed by atoms with Crippen LogP contribution in [-0.4, -0.2) is 91.6 Å². The number of hydrogen-bond acceptors (Lipinski definition) is 13. The summed E-state index contributed by atoms with van der Waals surface area (Å²) < 4.78 is 11.0. The Bertz CT molecular complexity index is 4100. The number of nitrogens with zero attached hydrogens (tertiary/aromatic N) is 4. The van der Waals surface area contributed by atoms with Crippen LogP contribution in [0.5, 0.6) is 0 Å². The molecular weight excluding hydrogens is 1100 g/mol. The van der Waals surface area contributed by atoms with Crippen LogP contribution in [0.3, 0.4) is 0 Å². The molecule has 0 fully saturated rings. The van der Waals surface area contributed by atoms with Crippen LogP contribution < -0.4 is 0 Å². The van der Waals surface area contributed by atoms with Gasteiger partial charge in [-0.2, -0.15) is 0 Å². The van der Waals surface area contributed by atoms with Crippen molar-refractivity contribution in [2.75, 3.05) is 0 Å². The number of ketones is 1. The van der Waals surface area contributed by atoms with E-state index in [4.69, 9.17) is 30.3 Å². The molecule has 0 aliphatic carbocycles. The first kappa shape index (κ1) is 61.6. The number of esters is 2. The van der Waals surface area contributed by atoms with E-state index in [1.54, 1.807) is 80.2 Å². The van der Waals surface area contributed by atoms with Gasteiger partial charge in [0, 0.05) is 33.7 Å². The summed E-state index contributed by atoms with van der Waals surface area (Å²) in [7, 11) is 0. The van der Waals surface area contributed by atoms with Crippen molar-refractivity contribution in [3.05, 3.63) is 145 Å². The number of rotatable bonds is 22. The molecule has 0 amide bonds. The number of carbonyl (C=O) groups is 3. The van der Waals surface area contributed by atoms with Crippen LogP contribution >= 0.6 is 0 Å². The highest BCUT2D eigenvalue weighted by Gasteiger charge is 2.35. The van der Waals surface area contributed by atoms with E-state index in [0.29, 0.717) is 49.0 Å². The molecule has 0 spiro atoms. The average molecular weight is 1180 g/mol. The van der Waals surface area contributed by atoms with E-state index >= 15 is 0 Å². The van der Waals surface area contributed by atoms with Crippen LogP contribution in [0.25, 0.3) is 88.1 Å². The first-order valence-electron chi connectivity index (χ1n) is 30.4. The van der Waals surface area contributed by atoms with Gasteiger partial charge < -0.3 is 40.2 Å². The third-order valence-electron chi connectivity index (χ3n) is 16.6. The van der Waals surface area contributed by atoms with Gasteiger partial charge in [-0.1, -0.05) is 90.1 Å². The third-order valence-corrected chi connectivity index (χ3v) is 16.6. The molecular formula is C71H78N12O5. The van der Waals surface area contributed by atoms with E-state index in [-0.39, 0.29) is 28.6 Å². The lowest BCUT2D eigenvalue weighted by Crippen LogP contribution is -2.35. The van der Waals surface area contributed by atoms with Crippen molar-refractivity contribution in [2.24, 2.45) is 11.8 Å². The lowest BCUT2D eigenvalue weighted by atomic mass is 9.80. The Kier molecular flexibility index (Phi) is 17.3. The van der Waals surface area contributed by atoms with Gasteiger partial charge in [0.2, 0.25) is 0 Å². The molecule has 88 heavy (non-hydrogen) atoms. The van der Waals surface area contributed by atoms with E-state index in [1.807, 2.05) is 52.0 Å². The smallest absolute Gasteiger partial charge is 0.353 e. The van der Waals surface area contributed by atoms with Crippen LogP contribution in [0, 0.1) is 33.5 Å². The van der Waals surface area contributed by atoms with Gasteiger partial charge in [0.25, 0.3) is 0 Å². The van der Waals surface area contributed by atoms with Gasteiger partial charge >= 0.3 is 11.9 Å². The number of nitrogens with one attached hydrogen (secondary N) is 8. The summed E-state index contributed by atoms with van der Waals surface area (Å²) in [6.07, 6.45) is 9.19. The fourth-order valence-corrected chi connectivity index (χ4v) is 11.7. The molecule has 6 atom stereocenters. The molecule has 0 aliphatic heterocycles. The zero-order valence-electron chi connectivity index (χ0n) is 52.2. The van der Waals surface area contributed by atoms with Crippen molar-refractivity contribution in [3.63, 3.8) is 0 Å². The maximum absolute atomic E-state index is 14.3. The van der Waals surface area contributed by atoms with Crippen LogP contribution in [0.2, 0.25) is 0 Å². The number of fused-ring (bicyclic) bond motifs is 4. The Morgan fingerprint density at radius 2 is 0.648 bits per heavy atom. The summed E-state index contributed by atoms with van der Waals surface area (Å²) in [5.41, 5.74) is 5.74. The van der Waals surface area contributed by atoms with E-state index in [1.165, 1.54) is 0 Å². The van der Waals surface area contributed by atoms with E-state index in [0.717, 1.165) is 88.1 Å².